The van der Waals surface area contributed by atoms with E-state index in [1.807, 2.05) is 12.1 Å². The van der Waals surface area contributed by atoms with Crippen molar-refractivity contribution in [1.29, 1.82) is 0 Å². The molecule has 0 radical (unpaired) electrons. The van der Waals surface area contributed by atoms with Crippen LogP contribution in [0.25, 0.3) is 0 Å². The first-order valence-corrected chi connectivity index (χ1v) is 7.25. The average Bonchev–Trinajstić information content (AvgIpc) is 2.26. The van der Waals surface area contributed by atoms with Gasteiger partial charge in [-0.3, -0.25) is 0 Å². The van der Waals surface area contributed by atoms with Gasteiger partial charge in [0, 0.05) is 22.7 Å². The molecule has 0 unspecified atom stereocenters. The monoisotopic (exact) mass is 268 g/mol. The molecule has 1 aromatic carbocycles. The second kappa shape index (κ2) is 6.87. The van der Waals surface area contributed by atoms with Gasteiger partial charge in [-0.2, -0.15) is 0 Å². The van der Waals surface area contributed by atoms with Gasteiger partial charge in [0.1, 0.15) is 4.99 Å². The fourth-order valence-corrected chi connectivity index (χ4v) is 2.66. The molecule has 0 aliphatic carbocycles. The van der Waals surface area contributed by atoms with E-state index in [0.717, 1.165) is 28.4 Å². The van der Waals surface area contributed by atoms with E-state index < -0.39 is 0 Å². The molecule has 1 rings (SSSR count). The highest BCUT2D eigenvalue weighted by atomic mass is 32.2. The van der Waals surface area contributed by atoms with E-state index in [1.165, 1.54) is 0 Å². The van der Waals surface area contributed by atoms with Gasteiger partial charge in [0.25, 0.3) is 0 Å². The van der Waals surface area contributed by atoms with Gasteiger partial charge in [-0.1, -0.05) is 39.1 Å². The molecule has 0 aliphatic heterocycles. The van der Waals surface area contributed by atoms with Gasteiger partial charge in [0.2, 0.25) is 0 Å². The minimum atomic E-state index is 0.466. The molecular formula is C13H20N2S2. The van der Waals surface area contributed by atoms with Crippen molar-refractivity contribution in [3.05, 3.63) is 23.8 Å². The Kier molecular flexibility index (Phi) is 5.78. The molecule has 0 saturated carbocycles. The minimum absolute atomic E-state index is 0.466. The maximum absolute atomic E-state index is 5.83. The summed E-state index contributed by atoms with van der Waals surface area (Å²) in [6, 6.07) is 6.15. The van der Waals surface area contributed by atoms with Gasteiger partial charge < -0.3 is 11.1 Å². The van der Waals surface area contributed by atoms with Crippen LogP contribution in [0.2, 0.25) is 0 Å². The molecule has 0 heterocycles. The predicted octanol–water partition coefficient (Wildman–Crippen LogP) is 3.50. The summed E-state index contributed by atoms with van der Waals surface area (Å²) in [4.78, 5) is 1.63. The number of thiocarbonyl (C=S) groups is 1. The first-order chi connectivity index (χ1) is 8.06. The summed E-state index contributed by atoms with van der Waals surface area (Å²) >= 11 is 6.93. The lowest BCUT2D eigenvalue weighted by Crippen LogP contribution is -2.16. The molecule has 2 nitrogen and oxygen atoms in total. The molecule has 3 N–H and O–H groups in total. The quantitative estimate of drug-likeness (QED) is 0.612. The Morgan fingerprint density at radius 1 is 1.47 bits per heavy atom. The Morgan fingerprint density at radius 3 is 2.71 bits per heavy atom. The molecule has 0 saturated heterocycles. The van der Waals surface area contributed by atoms with Crippen molar-refractivity contribution in [1.82, 2.24) is 0 Å². The lowest BCUT2D eigenvalue weighted by molar-refractivity contribution is 0.688. The van der Waals surface area contributed by atoms with Crippen LogP contribution in [0.1, 0.15) is 26.3 Å². The number of nitrogens with two attached hydrogens (primary N) is 1. The molecule has 0 spiro atoms. The summed E-state index contributed by atoms with van der Waals surface area (Å²) in [6.07, 6.45) is 0. The van der Waals surface area contributed by atoms with E-state index in [0.29, 0.717) is 10.9 Å². The van der Waals surface area contributed by atoms with Crippen LogP contribution < -0.4 is 11.1 Å². The molecule has 0 aliphatic rings. The molecule has 0 atom stereocenters. The van der Waals surface area contributed by atoms with Crippen LogP contribution in [-0.2, 0) is 0 Å². The molecule has 0 fully saturated rings. The van der Waals surface area contributed by atoms with E-state index in [9.17, 15) is 0 Å². The summed E-state index contributed by atoms with van der Waals surface area (Å²) in [5, 5.41) is 3.41. The zero-order valence-electron chi connectivity index (χ0n) is 10.6. The Labute approximate surface area is 113 Å². The molecule has 94 valence electrons. The summed E-state index contributed by atoms with van der Waals surface area (Å²) in [7, 11) is 0. The third-order valence-corrected chi connectivity index (χ3v) is 3.42. The zero-order valence-corrected chi connectivity index (χ0v) is 12.3. The first-order valence-electron chi connectivity index (χ1n) is 5.85. The fourth-order valence-electron chi connectivity index (χ4n) is 1.52. The zero-order chi connectivity index (χ0) is 12.8. The highest BCUT2D eigenvalue weighted by Crippen LogP contribution is 2.28. The van der Waals surface area contributed by atoms with Crippen molar-refractivity contribution < 1.29 is 0 Å². The topological polar surface area (TPSA) is 38.0 Å². The SMILES string of the molecule is CCSc1cccc(NCC(C)C)c1C(N)=S. The maximum atomic E-state index is 5.83. The molecule has 4 heteroatoms. The first kappa shape index (κ1) is 14.3. The highest BCUT2D eigenvalue weighted by molar-refractivity contribution is 7.99. The van der Waals surface area contributed by atoms with Crippen LogP contribution in [0.15, 0.2) is 23.1 Å². The molecule has 17 heavy (non-hydrogen) atoms. The average molecular weight is 268 g/mol. The summed E-state index contributed by atoms with van der Waals surface area (Å²) in [5.74, 6) is 1.61. The Balaban J connectivity index is 3.02. The van der Waals surface area contributed by atoms with Gasteiger partial charge in [-0.05, 0) is 23.8 Å². The van der Waals surface area contributed by atoms with Gasteiger partial charge in [-0.25, -0.2) is 0 Å². The van der Waals surface area contributed by atoms with E-state index in [-0.39, 0.29) is 0 Å². The van der Waals surface area contributed by atoms with Crippen LogP contribution >= 0.6 is 24.0 Å². The number of hydrogen-bond acceptors (Lipinski definition) is 3. The fraction of sp³-hybridized carbons (Fsp3) is 0.462. The number of nitrogens with one attached hydrogen (secondary N) is 1. The van der Waals surface area contributed by atoms with Crippen molar-refractivity contribution in [2.75, 3.05) is 17.6 Å². The molecular weight excluding hydrogens is 248 g/mol. The van der Waals surface area contributed by atoms with Crippen LogP contribution in [0.3, 0.4) is 0 Å². The number of thioether (sulfide) groups is 1. The predicted molar refractivity (Wildman–Crippen MR) is 82.1 cm³/mol. The Morgan fingerprint density at radius 2 is 2.18 bits per heavy atom. The second-order valence-electron chi connectivity index (χ2n) is 4.25. The van der Waals surface area contributed by atoms with E-state index in [1.54, 1.807) is 11.8 Å². The van der Waals surface area contributed by atoms with Crippen LogP contribution in [0.5, 0.6) is 0 Å². The second-order valence-corrected chi connectivity index (χ2v) is 6.00. The van der Waals surface area contributed by atoms with E-state index in [2.05, 4.69) is 32.2 Å². The molecule has 0 aromatic heterocycles. The number of rotatable bonds is 6. The standard InChI is InChI=1S/C13H20N2S2/c1-4-17-11-7-5-6-10(12(11)13(14)16)15-8-9(2)3/h5-7,9,15H,4,8H2,1-3H3,(H2,14,16). The van der Waals surface area contributed by atoms with Crippen LogP contribution in [0, 0.1) is 5.92 Å². The van der Waals surface area contributed by atoms with Gasteiger partial charge in [-0.15, -0.1) is 11.8 Å². The van der Waals surface area contributed by atoms with Crippen molar-refractivity contribution in [2.24, 2.45) is 11.7 Å². The third kappa shape index (κ3) is 4.21. The minimum Gasteiger partial charge on any atom is -0.389 e. The summed E-state index contributed by atoms with van der Waals surface area (Å²) < 4.78 is 0. The molecule has 1 aromatic rings. The lowest BCUT2D eigenvalue weighted by atomic mass is 10.1. The maximum Gasteiger partial charge on any atom is 0.107 e. The van der Waals surface area contributed by atoms with Crippen molar-refractivity contribution in [3.63, 3.8) is 0 Å². The van der Waals surface area contributed by atoms with Gasteiger partial charge >= 0.3 is 0 Å². The molecule has 0 amide bonds. The van der Waals surface area contributed by atoms with Gasteiger partial charge in [0.15, 0.2) is 0 Å². The number of benzene rings is 1. The summed E-state index contributed by atoms with van der Waals surface area (Å²) in [6.45, 7) is 7.41. The Bertz CT molecular complexity index is 389. The largest absolute Gasteiger partial charge is 0.389 e. The van der Waals surface area contributed by atoms with Crippen LogP contribution in [-0.4, -0.2) is 17.3 Å². The van der Waals surface area contributed by atoms with Gasteiger partial charge in [0.05, 0.1) is 0 Å². The van der Waals surface area contributed by atoms with Crippen molar-refractivity contribution in [2.45, 2.75) is 25.7 Å². The summed E-state index contributed by atoms with van der Waals surface area (Å²) in [5.41, 5.74) is 7.86. The number of hydrogen-bond donors (Lipinski definition) is 2. The van der Waals surface area contributed by atoms with Crippen LogP contribution in [0.4, 0.5) is 5.69 Å². The molecule has 0 bridgehead atoms. The lowest BCUT2D eigenvalue weighted by Gasteiger charge is -2.15. The smallest absolute Gasteiger partial charge is 0.107 e. The third-order valence-electron chi connectivity index (χ3n) is 2.27. The van der Waals surface area contributed by atoms with Crippen molar-refractivity contribution in [3.8, 4) is 0 Å². The number of anilines is 1. The normalized spacial score (nSPS) is 10.6. The van der Waals surface area contributed by atoms with E-state index >= 15 is 0 Å². The highest BCUT2D eigenvalue weighted by Gasteiger charge is 2.11. The van der Waals surface area contributed by atoms with E-state index in [4.69, 9.17) is 18.0 Å². The Hall–Kier alpha value is -0.740. The van der Waals surface area contributed by atoms with Crippen molar-refractivity contribution >= 4 is 34.7 Å².